The number of hydrogen-bond donors (Lipinski definition) is 0. The van der Waals surface area contributed by atoms with Gasteiger partial charge in [0, 0.05) is 24.5 Å². The second-order valence-electron chi connectivity index (χ2n) is 5.07. The Labute approximate surface area is 114 Å². The van der Waals surface area contributed by atoms with E-state index < -0.39 is 0 Å². The maximum atomic E-state index is 5.95. The fourth-order valence-electron chi connectivity index (χ4n) is 2.82. The first-order chi connectivity index (χ1) is 9.31. The van der Waals surface area contributed by atoms with Crippen molar-refractivity contribution < 1.29 is 4.74 Å². The molecule has 3 rings (SSSR count). The summed E-state index contributed by atoms with van der Waals surface area (Å²) in [5, 5.41) is 1.14. The minimum absolute atomic E-state index is 0.699. The van der Waals surface area contributed by atoms with E-state index in [0.29, 0.717) is 6.61 Å². The van der Waals surface area contributed by atoms with Crippen LogP contribution < -0.4 is 9.64 Å². The quantitative estimate of drug-likeness (QED) is 0.823. The maximum absolute atomic E-state index is 5.95. The molecule has 3 heteroatoms. The Hall–Kier alpha value is -1.77. The van der Waals surface area contributed by atoms with Crippen molar-refractivity contribution in [2.45, 2.75) is 26.2 Å². The number of aromatic nitrogens is 1. The number of rotatable bonds is 2. The first-order valence-corrected chi connectivity index (χ1v) is 7.07. The highest BCUT2D eigenvalue weighted by molar-refractivity contribution is 5.89. The van der Waals surface area contributed by atoms with Gasteiger partial charge in [0.25, 0.3) is 0 Å². The van der Waals surface area contributed by atoms with Gasteiger partial charge in [-0.1, -0.05) is 12.1 Å². The zero-order chi connectivity index (χ0) is 13.2. The molecule has 0 aliphatic carbocycles. The molecule has 2 aromatic rings. The highest BCUT2D eigenvalue weighted by atomic mass is 16.5. The summed E-state index contributed by atoms with van der Waals surface area (Å²) in [5.41, 5.74) is 2.30. The lowest BCUT2D eigenvalue weighted by Gasteiger charge is -2.21. The van der Waals surface area contributed by atoms with Gasteiger partial charge in [-0.15, -0.1) is 0 Å². The third-order valence-corrected chi connectivity index (χ3v) is 3.74. The predicted octanol–water partition coefficient (Wildman–Crippen LogP) is 3.41. The molecule has 3 nitrogen and oxygen atoms in total. The average molecular weight is 256 g/mol. The number of fused-ring (bicyclic) bond motifs is 2. The van der Waals surface area contributed by atoms with Crippen LogP contribution in [0.2, 0.25) is 0 Å². The topological polar surface area (TPSA) is 25.4 Å². The van der Waals surface area contributed by atoms with E-state index >= 15 is 0 Å². The van der Waals surface area contributed by atoms with Crippen molar-refractivity contribution in [3.05, 3.63) is 29.8 Å². The summed E-state index contributed by atoms with van der Waals surface area (Å²) in [5.74, 6) is 2.14. The van der Waals surface area contributed by atoms with Gasteiger partial charge in [-0.2, -0.15) is 0 Å². The molecule has 2 heterocycles. The molecule has 0 fully saturated rings. The number of benzene rings is 1. The number of para-hydroxylation sites is 1. The van der Waals surface area contributed by atoms with Crippen LogP contribution in [0.25, 0.3) is 10.9 Å². The van der Waals surface area contributed by atoms with E-state index in [4.69, 9.17) is 9.72 Å². The number of ether oxygens (including phenoxy) is 1. The fraction of sp³-hybridized carbons (Fsp3) is 0.438. The molecule has 0 amide bonds. The van der Waals surface area contributed by atoms with Crippen LogP contribution in [0.5, 0.6) is 5.75 Å². The summed E-state index contributed by atoms with van der Waals surface area (Å²) in [6.45, 7) is 3.82. The van der Waals surface area contributed by atoms with E-state index in [-0.39, 0.29) is 0 Å². The first-order valence-electron chi connectivity index (χ1n) is 7.07. The summed E-state index contributed by atoms with van der Waals surface area (Å²) >= 11 is 0. The average Bonchev–Trinajstić information content (AvgIpc) is 2.61. The first kappa shape index (κ1) is 12.3. The van der Waals surface area contributed by atoms with Gasteiger partial charge < -0.3 is 9.64 Å². The molecule has 1 aromatic heterocycles. The van der Waals surface area contributed by atoms with Gasteiger partial charge in [0.15, 0.2) is 0 Å². The lowest BCUT2D eigenvalue weighted by Crippen LogP contribution is -2.19. The summed E-state index contributed by atoms with van der Waals surface area (Å²) in [6.07, 6.45) is 3.49. The molecule has 0 spiro atoms. The van der Waals surface area contributed by atoms with E-state index in [1.165, 1.54) is 18.4 Å². The van der Waals surface area contributed by atoms with Crippen molar-refractivity contribution in [2.75, 3.05) is 25.1 Å². The van der Waals surface area contributed by atoms with Crippen molar-refractivity contribution in [1.82, 2.24) is 4.98 Å². The third kappa shape index (κ3) is 2.14. The molecule has 19 heavy (non-hydrogen) atoms. The zero-order valence-corrected chi connectivity index (χ0v) is 11.6. The molecular weight excluding hydrogens is 236 g/mol. The molecule has 0 radical (unpaired) electrons. The predicted molar refractivity (Wildman–Crippen MR) is 79.1 cm³/mol. The fourth-order valence-corrected chi connectivity index (χ4v) is 2.82. The third-order valence-electron chi connectivity index (χ3n) is 3.74. The van der Waals surface area contributed by atoms with E-state index in [2.05, 4.69) is 30.1 Å². The SMILES string of the molecule is CCOc1c2c(nc3ccccc13)N(C)CCCC2. The lowest BCUT2D eigenvalue weighted by atomic mass is 10.1. The Balaban J connectivity index is 2.28. The Bertz CT molecular complexity index is 595. The zero-order valence-electron chi connectivity index (χ0n) is 11.6. The van der Waals surface area contributed by atoms with Crippen LogP contribution in [0.1, 0.15) is 25.3 Å². The van der Waals surface area contributed by atoms with Crippen LogP contribution in [0.15, 0.2) is 24.3 Å². The molecule has 1 aromatic carbocycles. The van der Waals surface area contributed by atoms with Gasteiger partial charge in [0.1, 0.15) is 11.6 Å². The molecule has 0 unspecified atom stereocenters. The molecule has 1 aliphatic rings. The van der Waals surface area contributed by atoms with Gasteiger partial charge in [0.2, 0.25) is 0 Å². The van der Waals surface area contributed by atoms with Crippen LogP contribution in [0.4, 0.5) is 5.82 Å². The van der Waals surface area contributed by atoms with Gasteiger partial charge in [0.05, 0.1) is 12.1 Å². The van der Waals surface area contributed by atoms with Gasteiger partial charge in [-0.05, 0) is 38.3 Å². The lowest BCUT2D eigenvalue weighted by molar-refractivity contribution is 0.340. The number of anilines is 1. The second-order valence-corrected chi connectivity index (χ2v) is 5.07. The number of hydrogen-bond acceptors (Lipinski definition) is 3. The highest BCUT2D eigenvalue weighted by Crippen LogP contribution is 2.37. The normalized spacial score (nSPS) is 15.2. The van der Waals surface area contributed by atoms with Crippen LogP contribution >= 0.6 is 0 Å². The summed E-state index contributed by atoms with van der Waals surface area (Å²) in [7, 11) is 2.13. The molecular formula is C16H20N2O. The van der Waals surface area contributed by atoms with Crippen molar-refractivity contribution >= 4 is 16.7 Å². The van der Waals surface area contributed by atoms with Crippen LogP contribution in [0.3, 0.4) is 0 Å². The second kappa shape index (κ2) is 5.08. The minimum atomic E-state index is 0.699. The molecule has 0 saturated carbocycles. The number of nitrogens with zero attached hydrogens (tertiary/aromatic N) is 2. The van der Waals surface area contributed by atoms with E-state index in [1.807, 2.05) is 13.0 Å². The van der Waals surface area contributed by atoms with E-state index in [9.17, 15) is 0 Å². The Kier molecular flexibility index (Phi) is 3.28. The van der Waals surface area contributed by atoms with Gasteiger partial charge in [-0.25, -0.2) is 4.98 Å². The Morgan fingerprint density at radius 2 is 2.11 bits per heavy atom. The van der Waals surface area contributed by atoms with Gasteiger partial charge in [-0.3, -0.25) is 0 Å². The van der Waals surface area contributed by atoms with Crippen molar-refractivity contribution in [3.8, 4) is 5.75 Å². The monoisotopic (exact) mass is 256 g/mol. The molecule has 0 N–H and O–H groups in total. The summed E-state index contributed by atoms with van der Waals surface area (Å²) in [4.78, 5) is 7.11. The largest absolute Gasteiger partial charge is 0.493 e. The summed E-state index contributed by atoms with van der Waals surface area (Å²) in [6, 6.07) is 8.27. The molecule has 100 valence electrons. The Morgan fingerprint density at radius 1 is 1.26 bits per heavy atom. The summed E-state index contributed by atoms with van der Waals surface area (Å²) < 4.78 is 5.95. The van der Waals surface area contributed by atoms with Crippen molar-refractivity contribution in [2.24, 2.45) is 0 Å². The highest BCUT2D eigenvalue weighted by Gasteiger charge is 2.20. The molecule has 0 atom stereocenters. The molecule has 0 bridgehead atoms. The molecule has 0 saturated heterocycles. The van der Waals surface area contributed by atoms with Crippen LogP contribution in [-0.2, 0) is 6.42 Å². The molecule has 1 aliphatic heterocycles. The minimum Gasteiger partial charge on any atom is -0.493 e. The maximum Gasteiger partial charge on any atom is 0.135 e. The van der Waals surface area contributed by atoms with Crippen molar-refractivity contribution in [1.29, 1.82) is 0 Å². The standard InChI is InChI=1S/C16H20N2O/c1-3-19-15-12-8-4-5-10-14(12)17-16-13(15)9-6-7-11-18(16)2/h4-5,8,10H,3,6-7,9,11H2,1-2H3. The van der Waals surface area contributed by atoms with Crippen molar-refractivity contribution in [3.63, 3.8) is 0 Å². The van der Waals surface area contributed by atoms with E-state index in [1.54, 1.807) is 0 Å². The van der Waals surface area contributed by atoms with E-state index in [0.717, 1.165) is 35.4 Å². The van der Waals surface area contributed by atoms with Crippen LogP contribution in [-0.4, -0.2) is 25.2 Å². The Morgan fingerprint density at radius 3 is 2.95 bits per heavy atom. The van der Waals surface area contributed by atoms with Gasteiger partial charge >= 0.3 is 0 Å². The number of pyridine rings is 1. The smallest absolute Gasteiger partial charge is 0.135 e. The van der Waals surface area contributed by atoms with Crippen LogP contribution in [0, 0.1) is 0 Å².